The lowest BCUT2D eigenvalue weighted by atomic mass is 10.1. The van der Waals surface area contributed by atoms with Gasteiger partial charge in [0.05, 0.1) is 35.2 Å². The van der Waals surface area contributed by atoms with Crippen LogP contribution in [0.25, 0.3) is 10.9 Å². The number of methoxy groups -OCH3 is 1. The van der Waals surface area contributed by atoms with Gasteiger partial charge in [0.1, 0.15) is 12.0 Å². The van der Waals surface area contributed by atoms with Crippen molar-refractivity contribution in [2.45, 2.75) is 25.2 Å². The number of carbonyl (C=O) groups is 3. The number of aryl methyl sites for hydroxylation is 1. The molecule has 0 radical (unpaired) electrons. The van der Waals surface area contributed by atoms with E-state index in [-0.39, 0.29) is 34.3 Å². The Bertz CT molecular complexity index is 2370. The summed E-state index contributed by atoms with van der Waals surface area (Å²) in [4.78, 5) is 40.5. The Kier molecular flexibility index (Phi) is 9.44. The number of halogens is 1. The number of carbonyl (C=O) groups excluding carboxylic acids is 3. The van der Waals surface area contributed by atoms with Crippen LogP contribution in [0.5, 0.6) is 5.75 Å². The molecule has 0 aliphatic rings. The molecule has 12 nitrogen and oxygen atoms in total. The fourth-order valence-electron chi connectivity index (χ4n) is 5.43. The predicted molar refractivity (Wildman–Crippen MR) is 190 cm³/mol. The second kappa shape index (κ2) is 13.9. The van der Waals surface area contributed by atoms with Gasteiger partial charge in [-0.3, -0.25) is 23.7 Å². The zero-order chi connectivity index (χ0) is 35.6. The third-order valence-corrected chi connectivity index (χ3v) is 9.63. The molecule has 0 atom stereocenters. The van der Waals surface area contributed by atoms with E-state index in [1.807, 2.05) is 0 Å². The molecule has 0 aliphatic heterocycles. The molecule has 0 saturated heterocycles. The number of nitrogens with one attached hydrogen (secondary N) is 3. The number of fused-ring (bicyclic) bond motifs is 1. The van der Waals surface area contributed by atoms with E-state index in [9.17, 15) is 22.8 Å². The Morgan fingerprint density at radius 1 is 0.920 bits per heavy atom. The molecule has 2 heterocycles. The molecule has 6 aromatic rings. The third kappa shape index (κ3) is 6.95. The van der Waals surface area contributed by atoms with E-state index in [2.05, 4.69) is 20.5 Å². The quantitative estimate of drug-likeness (QED) is 0.139. The summed E-state index contributed by atoms with van der Waals surface area (Å²) in [5.41, 5.74) is 3.52. The number of sulfonamides is 1. The highest BCUT2D eigenvalue weighted by Crippen LogP contribution is 2.31. The van der Waals surface area contributed by atoms with E-state index in [1.165, 1.54) is 37.6 Å². The average molecular weight is 712 g/mol. The van der Waals surface area contributed by atoms with Crippen molar-refractivity contribution in [3.8, 4) is 5.75 Å². The number of rotatable bonds is 10. The molecule has 2 amide bonds. The van der Waals surface area contributed by atoms with Gasteiger partial charge in [0.2, 0.25) is 5.91 Å². The minimum absolute atomic E-state index is 0.0466. The van der Waals surface area contributed by atoms with Crippen molar-refractivity contribution in [1.82, 2.24) is 9.72 Å². The molecule has 0 bridgehead atoms. The van der Waals surface area contributed by atoms with Crippen LogP contribution >= 0.6 is 11.6 Å². The molecular weight excluding hydrogens is 682 g/mol. The van der Waals surface area contributed by atoms with Gasteiger partial charge >= 0.3 is 0 Å². The van der Waals surface area contributed by atoms with E-state index in [1.54, 1.807) is 85.1 Å². The zero-order valence-corrected chi connectivity index (χ0v) is 28.6. The molecule has 254 valence electrons. The standard InChI is InChI=1S/C36H30ClN5O7S/c1-21-20-49-40-34(21)41-50(46,47)27-15-12-25(13-16-27)38-35(44)28-6-4-5-7-31(28)39-33(43)19-29-22(2)42(32-17-14-26(48-3)18-30(29)32)36(45)23-8-10-24(37)11-9-23/h4-18,20H,19H2,1-3H3,(H,38,44)(H,39,43)(H,40,41). The van der Waals surface area contributed by atoms with Crippen molar-refractivity contribution in [3.63, 3.8) is 0 Å². The molecule has 0 saturated carbocycles. The Balaban J connectivity index is 1.21. The number of amides is 2. The first kappa shape index (κ1) is 34.0. The molecule has 3 N–H and O–H groups in total. The molecule has 2 aromatic heterocycles. The zero-order valence-electron chi connectivity index (χ0n) is 27.0. The first-order valence-electron chi connectivity index (χ1n) is 15.2. The summed E-state index contributed by atoms with van der Waals surface area (Å²) in [7, 11) is -2.42. The van der Waals surface area contributed by atoms with Crippen molar-refractivity contribution in [3.05, 3.63) is 130 Å². The first-order valence-corrected chi connectivity index (χ1v) is 17.0. The lowest BCUT2D eigenvalue weighted by Crippen LogP contribution is -2.20. The number of anilines is 3. The molecule has 50 heavy (non-hydrogen) atoms. The maximum atomic E-state index is 13.7. The highest BCUT2D eigenvalue weighted by atomic mass is 35.5. The van der Waals surface area contributed by atoms with Crippen LogP contribution in [0.3, 0.4) is 0 Å². The monoisotopic (exact) mass is 711 g/mol. The fourth-order valence-corrected chi connectivity index (χ4v) is 6.62. The second-order valence-electron chi connectivity index (χ2n) is 11.3. The van der Waals surface area contributed by atoms with Gasteiger partial charge in [-0.05, 0) is 98.3 Å². The topological polar surface area (TPSA) is 162 Å². The van der Waals surface area contributed by atoms with Gasteiger partial charge in [0, 0.05) is 32.9 Å². The van der Waals surface area contributed by atoms with Gasteiger partial charge in [0.15, 0.2) is 5.82 Å². The lowest BCUT2D eigenvalue weighted by Gasteiger charge is -2.12. The first-order chi connectivity index (χ1) is 23.9. The largest absolute Gasteiger partial charge is 0.497 e. The minimum atomic E-state index is -3.95. The third-order valence-electron chi connectivity index (χ3n) is 8.02. The Labute approximate surface area is 292 Å². The van der Waals surface area contributed by atoms with Gasteiger partial charge < -0.3 is 19.9 Å². The van der Waals surface area contributed by atoms with Crippen molar-refractivity contribution in [1.29, 1.82) is 0 Å². The summed E-state index contributed by atoms with van der Waals surface area (Å²) in [5.74, 6) is -0.593. The summed E-state index contributed by atoms with van der Waals surface area (Å²) >= 11 is 6.04. The van der Waals surface area contributed by atoms with Crippen LogP contribution in [-0.4, -0.2) is 43.0 Å². The van der Waals surface area contributed by atoms with Gasteiger partial charge in [-0.1, -0.05) is 28.9 Å². The number of nitrogens with zero attached hydrogens (tertiary/aromatic N) is 2. The summed E-state index contributed by atoms with van der Waals surface area (Å²) in [6.45, 7) is 3.42. The maximum absolute atomic E-state index is 13.7. The Morgan fingerprint density at radius 3 is 2.32 bits per heavy atom. The molecule has 0 spiro atoms. The predicted octanol–water partition coefficient (Wildman–Crippen LogP) is 6.83. The number of aromatic nitrogens is 2. The van der Waals surface area contributed by atoms with E-state index in [4.69, 9.17) is 20.9 Å². The van der Waals surface area contributed by atoms with Gasteiger partial charge in [0.25, 0.3) is 21.8 Å². The minimum Gasteiger partial charge on any atom is -0.497 e. The molecule has 14 heteroatoms. The van der Waals surface area contributed by atoms with E-state index < -0.39 is 21.8 Å². The van der Waals surface area contributed by atoms with Crippen LogP contribution in [-0.2, 0) is 21.2 Å². The number of hydrogen-bond donors (Lipinski definition) is 3. The highest BCUT2D eigenvalue weighted by molar-refractivity contribution is 7.92. The SMILES string of the molecule is COc1ccc2c(c1)c(CC(=O)Nc1ccccc1C(=O)Nc1ccc(S(=O)(=O)Nc3nocc3C)cc1)c(C)n2C(=O)c1ccc(Cl)cc1. The summed E-state index contributed by atoms with van der Waals surface area (Å²) in [6.07, 6.45) is 1.21. The van der Waals surface area contributed by atoms with Crippen molar-refractivity contribution in [2.24, 2.45) is 0 Å². The lowest BCUT2D eigenvalue weighted by molar-refractivity contribution is -0.115. The van der Waals surface area contributed by atoms with Crippen LogP contribution < -0.4 is 20.1 Å². The smallest absolute Gasteiger partial charge is 0.263 e. The van der Waals surface area contributed by atoms with Crippen LogP contribution in [0.15, 0.2) is 107 Å². The molecule has 0 aliphatic carbocycles. The molecule has 0 fully saturated rings. The molecule has 0 unspecified atom stereocenters. The van der Waals surface area contributed by atoms with Crippen LogP contribution in [0.2, 0.25) is 5.02 Å². The summed E-state index contributed by atoms with van der Waals surface area (Å²) in [5, 5.41) is 10.4. The molecule has 6 rings (SSSR count). The molecule has 4 aromatic carbocycles. The van der Waals surface area contributed by atoms with E-state index in [0.29, 0.717) is 49.7 Å². The Hall–Kier alpha value is -5.92. The second-order valence-corrected chi connectivity index (χ2v) is 13.4. The van der Waals surface area contributed by atoms with Crippen molar-refractivity contribution in [2.75, 3.05) is 22.5 Å². The Morgan fingerprint density at radius 2 is 1.64 bits per heavy atom. The van der Waals surface area contributed by atoms with Crippen molar-refractivity contribution < 1.29 is 32.1 Å². The summed E-state index contributed by atoms with van der Waals surface area (Å²) in [6, 6.07) is 23.9. The van der Waals surface area contributed by atoms with Gasteiger partial charge in [-0.15, -0.1) is 0 Å². The number of para-hydroxylation sites is 1. The van der Waals surface area contributed by atoms with Crippen LogP contribution in [0.4, 0.5) is 17.2 Å². The van der Waals surface area contributed by atoms with Crippen molar-refractivity contribution >= 4 is 67.4 Å². The maximum Gasteiger partial charge on any atom is 0.263 e. The van der Waals surface area contributed by atoms with Gasteiger partial charge in [-0.2, -0.15) is 0 Å². The number of hydrogen-bond acceptors (Lipinski definition) is 8. The highest BCUT2D eigenvalue weighted by Gasteiger charge is 2.23. The number of benzene rings is 4. The average Bonchev–Trinajstić information content (AvgIpc) is 3.62. The normalized spacial score (nSPS) is 11.3. The molecular formula is C36H30ClN5O7S. The number of ether oxygens (including phenoxy) is 1. The van der Waals surface area contributed by atoms with Crippen LogP contribution in [0.1, 0.15) is 37.5 Å². The van der Waals surface area contributed by atoms with Crippen LogP contribution in [0, 0.1) is 13.8 Å². The van der Waals surface area contributed by atoms with E-state index in [0.717, 1.165) is 0 Å². The van der Waals surface area contributed by atoms with Gasteiger partial charge in [-0.25, -0.2) is 8.42 Å². The fraction of sp³-hybridized carbons (Fsp3) is 0.111. The van der Waals surface area contributed by atoms with E-state index >= 15 is 0 Å². The summed E-state index contributed by atoms with van der Waals surface area (Å²) < 4.78 is 39.7.